The van der Waals surface area contributed by atoms with Crippen molar-refractivity contribution in [3.8, 4) is 0 Å². The molecule has 0 radical (unpaired) electrons. The molecule has 3 unspecified atom stereocenters. The lowest BCUT2D eigenvalue weighted by molar-refractivity contribution is -0.142. The molecule has 2 aliphatic rings. The number of fused-ring (bicyclic) bond motifs is 1. The molecule has 0 aromatic heterocycles. The molecule has 26 heavy (non-hydrogen) atoms. The van der Waals surface area contributed by atoms with Gasteiger partial charge in [0, 0.05) is 18.2 Å². The van der Waals surface area contributed by atoms with E-state index in [9.17, 15) is 23.1 Å². The van der Waals surface area contributed by atoms with Gasteiger partial charge in [0.25, 0.3) is 5.91 Å². The van der Waals surface area contributed by atoms with Crippen LogP contribution in [0.4, 0.5) is 0 Å². The SMILES string of the molecule is CC(C)NS(=O)(=O)c1cccc(C(=O)N2CC3CCCC3C2C(=O)O)c1. The van der Waals surface area contributed by atoms with Gasteiger partial charge in [0.05, 0.1) is 4.90 Å². The molecule has 1 saturated carbocycles. The number of carboxylic acid groups (broad SMARTS) is 1. The Morgan fingerprint density at radius 3 is 2.65 bits per heavy atom. The number of nitrogens with zero attached hydrogens (tertiary/aromatic N) is 1. The lowest BCUT2D eigenvalue weighted by atomic mass is 9.94. The number of carbonyl (C=O) groups excluding carboxylic acids is 1. The van der Waals surface area contributed by atoms with Gasteiger partial charge in [-0.15, -0.1) is 0 Å². The van der Waals surface area contributed by atoms with Crippen molar-refractivity contribution in [1.29, 1.82) is 0 Å². The van der Waals surface area contributed by atoms with E-state index >= 15 is 0 Å². The number of nitrogens with one attached hydrogen (secondary N) is 1. The first kappa shape index (κ1) is 18.8. The highest BCUT2D eigenvalue weighted by Crippen LogP contribution is 2.42. The van der Waals surface area contributed by atoms with Gasteiger partial charge >= 0.3 is 5.97 Å². The highest BCUT2D eigenvalue weighted by molar-refractivity contribution is 7.89. The number of amides is 1. The van der Waals surface area contributed by atoms with Gasteiger partial charge in [-0.2, -0.15) is 0 Å². The van der Waals surface area contributed by atoms with Crippen molar-refractivity contribution < 1.29 is 23.1 Å². The van der Waals surface area contributed by atoms with Crippen LogP contribution in [-0.4, -0.2) is 48.9 Å². The highest BCUT2D eigenvalue weighted by Gasteiger charge is 2.49. The van der Waals surface area contributed by atoms with E-state index in [1.54, 1.807) is 13.8 Å². The smallest absolute Gasteiger partial charge is 0.326 e. The first-order valence-corrected chi connectivity index (χ1v) is 10.3. The summed E-state index contributed by atoms with van der Waals surface area (Å²) < 4.78 is 27.2. The molecule has 0 spiro atoms. The molecular weight excluding hydrogens is 356 g/mol. The maximum absolute atomic E-state index is 12.9. The Labute approximate surface area is 153 Å². The Hall–Kier alpha value is -1.93. The van der Waals surface area contributed by atoms with E-state index in [1.165, 1.54) is 29.2 Å². The van der Waals surface area contributed by atoms with Gasteiger partial charge in [-0.3, -0.25) is 4.79 Å². The summed E-state index contributed by atoms with van der Waals surface area (Å²) in [7, 11) is -3.72. The van der Waals surface area contributed by atoms with Gasteiger partial charge in [-0.05, 0) is 56.7 Å². The molecule has 3 rings (SSSR count). The number of carboxylic acids is 1. The second-order valence-electron chi connectivity index (χ2n) is 7.40. The Balaban J connectivity index is 1.89. The summed E-state index contributed by atoms with van der Waals surface area (Å²) in [5.74, 6) is -1.20. The Morgan fingerprint density at radius 2 is 2.00 bits per heavy atom. The van der Waals surface area contributed by atoms with Crippen LogP contribution in [-0.2, 0) is 14.8 Å². The number of rotatable bonds is 5. The van der Waals surface area contributed by atoms with E-state index in [1.807, 2.05) is 0 Å². The summed E-state index contributed by atoms with van der Waals surface area (Å²) >= 11 is 0. The number of likely N-dealkylation sites (tertiary alicyclic amines) is 1. The molecule has 1 heterocycles. The zero-order chi connectivity index (χ0) is 19.1. The highest BCUT2D eigenvalue weighted by atomic mass is 32.2. The molecule has 3 atom stereocenters. The van der Waals surface area contributed by atoms with Crippen molar-refractivity contribution in [1.82, 2.24) is 9.62 Å². The van der Waals surface area contributed by atoms with Crippen LogP contribution in [0.5, 0.6) is 0 Å². The van der Waals surface area contributed by atoms with Gasteiger partial charge in [0.1, 0.15) is 6.04 Å². The lowest BCUT2D eigenvalue weighted by Gasteiger charge is -2.24. The molecule has 8 heteroatoms. The Morgan fingerprint density at radius 1 is 1.27 bits per heavy atom. The van der Waals surface area contributed by atoms with Gasteiger partial charge in [0.15, 0.2) is 0 Å². The maximum Gasteiger partial charge on any atom is 0.326 e. The van der Waals surface area contributed by atoms with Crippen LogP contribution in [0.1, 0.15) is 43.5 Å². The summed E-state index contributed by atoms with van der Waals surface area (Å²) in [6, 6.07) is 4.69. The molecule has 1 aromatic rings. The second-order valence-corrected chi connectivity index (χ2v) is 9.11. The lowest BCUT2D eigenvalue weighted by Crippen LogP contribution is -2.43. The molecule has 2 N–H and O–H groups in total. The number of benzene rings is 1. The Bertz CT molecular complexity index is 821. The van der Waals surface area contributed by atoms with Crippen LogP contribution in [0.2, 0.25) is 0 Å². The monoisotopic (exact) mass is 380 g/mol. The van der Waals surface area contributed by atoms with Crippen molar-refractivity contribution in [2.75, 3.05) is 6.54 Å². The van der Waals surface area contributed by atoms with Crippen molar-refractivity contribution in [3.05, 3.63) is 29.8 Å². The van der Waals surface area contributed by atoms with Crippen LogP contribution in [0.25, 0.3) is 0 Å². The van der Waals surface area contributed by atoms with Crippen LogP contribution >= 0.6 is 0 Å². The third kappa shape index (κ3) is 3.48. The molecule has 1 saturated heterocycles. The molecule has 1 aromatic carbocycles. The van der Waals surface area contributed by atoms with E-state index in [0.29, 0.717) is 6.54 Å². The van der Waals surface area contributed by atoms with Crippen LogP contribution in [0.3, 0.4) is 0 Å². The van der Waals surface area contributed by atoms with E-state index in [-0.39, 0.29) is 28.3 Å². The largest absolute Gasteiger partial charge is 0.480 e. The van der Waals surface area contributed by atoms with E-state index in [2.05, 4.69) is 4.72 Å². The standard InChI is InChI=1S/C18H24N2O5S/c1-11(2)19-26(24,25)14-7-3-5-12(9-14)17(21)20-10-13-6-4-8-15(13)16(20)18(22)23/h3,5,7,9,11,13,15-16,19H,4,6,8,10H2,1-2H3,(H,22,23). The average Bonchev–Trinajstić information content (AvgIpc) is 3.13. The molecule has 1 aliphatic heterocycles. The minimum Gasteiger partial charge on any atom is -0.480 e. The van der Waals surface area contributed by atoms with Gasteiger partial charge in [0.2, 0.25) is 10.0 Å². The van der Waals surface area contributed by atoms with Crippen LogP contribution in [0.15, 0.2) is 29.2 Å². The molecule has 1 amide bonds. The fraction of sp³-hybridized carbons (Fsp3) is 0.556. The third-order valence-electron chi connectivity index (χ3n) is 5.19. The van der Waals surface area contributed by atoms with Crippen molar-refractivity contribution in [2.45, 2.75) is 50.1 Å². The Kier molecular flexibility index (Phi) is 5.07. The predicted octanol–water partition coefficient (Wildman–Crippen LogP) is 1.70. The minimum atomic E-state index is -3.72. The van der Waals surface area contributed by atoms with Crippen LogP contribution in [0, 0.1) is 11.8 Å². The molecule has 2 fully saturated rings. The quantitative estimate of drug-likeness (QED) is 0.809. The number of sulfonamides is 1. The topological polar surface area (TPSA) is 104 Å². The average molecular weight is 380 g/mol. The molecule has 1 aliphatic carbocycles. The molecule has 7 nitrogen and oxygen atoms in total. The fourth-order valence-corrected chi connectivity index (χ4v) is 5.47. The van der Waals surface area contributed by atoms with Crippen LogP contribution < -0.4 is 4.72 Å². The minimum absolute atomic E-state index is 0.00307. The zero-order valence-corrected chi connectivity index (χ0v) is 15.7. The molecule has 0 bridgehead atoms. The summed E-state index contributed by atoms with van der Waals surface area (Å²) in [6.45, 7) is 3.85. The van der Waals surface area contributed by atoms with Gasteiger partial charge < -0.3 is 10.0 Å². The van der Waals surface area contributed by atoms with Crippen molar-refractivity contribution in [2.24, 2.45) is 11.8 Å². The molecular formula is C18H24N2O5S. The number of hydrogen-bond acceptors (Lipinski definition) is 4. The van der Waals surface area contributed by atoms with Crippen molar-refractivity contribution in [3.63, 3.8) is 0 Å². The first-order chi connectivity index (χ1) is 12.2. The van der Waals surface area contributed by atoms with Crippen molar-refractivity contribution >= 4 is 21.9 Å². The summed E-state index contributed by atoms with van der Waals surface area (Å²) in [4.78, 5) is 26.1. The van der Waals surface area contributed by atoms with E-state index < -0.39 is 27.9 Å². The van der Waals surface area contributed by atoms with E-state index in [4.69, 9.17) is 0 Å². The fourth-order valence-electron chi connectivity index (χ4n) is 4.17. The predicted molar refractivity (Wildman–Crippen MR) is 95.2 cm³/mol. The first-order valence-electron chi connectivity index (χ1n) is 8.87. The summed E-state index contributed by atoms with van der Waals surface area (Å²) in [5, 5.41) is 9.61. The summed E-state index contributed by atoms with van der Waals surface area (Å²) in [5.41, 5.74) is 0.197. The molecule has 142 valence electrons. The normalized spacial score (nSPS) is 25.5. The number of carbonyl (C=O) groups is 2. The van der Waals surface area contributed by atoms with E-state index in [0.717, 1.165) is 19.3 Å². The summed E-state index contributed by atoms with van der Waals surface area (Å²) in [6.07, 6.45) is 2.75. The maximum atomic E-state index is 12.9. The number of hydrogen-bond donors (Lipinski definition) is 2. The third-order valence-corrected chi connectivity index (χ3v) is 6.84. The number of aliphatic carboxylic acids is 1. The van der Waals surface area contributed by atoms with Gasteiger partial charge in [-0.1, -0.05) is 12.5 Å². The second kappa shape index (κ2) is 7.00. The van der Waals surface area contributed by atoms with Gasteiger partial charge in [-0.25, -0.2) is 17.9 Å². The zero-order valence-electron chi connectivity index (χ0n) is 14.9.